The van der Waals surface area contributed by atoms with E-state index in [1.54, 1.807) is 0 Å². The summed E-state index contributed by atoms with van der Waals surface area (Å²) in [4.78, 5) is 0. The zero-order valence-corrected chi connectivity index (χ0v) is 11.3. The highest BCUT2D eigenvalue weighted by Crippen LogP contribution is 2.40. The van der Waals surface area contributed by atoms with Gasteiger partial charge in [0.2, 0.25) is 0 Å². The molecule has 122 valence electrons. The Morgan fingerprint density at radius 1 is 0.739 bits per heavy atom. The molecule has 9 heteroatoms. The molecule has 0 aliphatic carbocycles. The molecule has 2 aromatic rings. The van der Waals surface area contributed by atoms with Crippen LogP contribution in [0.25, 0.3) is 11.1 Å². The minimum Gasteiger partial charge on any atom is -0.423 e. The zero-order valence-electron chi connectivity index (χ0n) is 11.3. The van der Waals surface area contributed by atoms with Gasteiger partial charge in [-0.25, -0.2) is 0 Å². The van der Waals surface area contributed by atoms with Gasteiger partial charge in [-0.1, -0.05) is 30.3 Å². The summed E-state index contributed by atoms with van der Waals surface area (Å²) in [6.45, 7) is 0. The second-order valence-corrected chi connectivity index (χ2v) is 4.72. The van der Waals surface area contributed by atoms with E-state index < -0.39 is 36.2 Å². The van der Waals surface area contributed by atoms with Gasteiger partial charge in [0.15, 0.2) is 0 Å². The van der Waals surface area contributed by atoms with Crippen LogP contribution in [-0.4, -0.2) is 17.2 Å². The van der Waals surface area contributed by atoms with Crippen molar-refractivity contribution in [3.8, 4) is 11.1 Å². The predicted molar refractivity (Wildman–Crippen MR) is 71.7 cm³/mol. The van der Waals surface area contributed by atoms with Crippen molar-refractivity contribution in [3.05, 3.63) is 53.6 Å². The molecule has 2 aromatic carbocycles. The third-order valence-corrected chi connectivity index (χ3v) is 3.18. The van der Waals surface area contributed by atoms with Gasteiger partial charge in [-0.3, -0.25) is 0 Å². The summed E-state index contributed by atoms with van der Waals surface area (Å²) in [5, 5.41) is 18.5. The fourth-order valence-corrected chi connectivity index (χ4v) is 2.16. The highest BCUT2D eigenvalue weighted by molar-refractivity contribution is 6.60. The van der Waals surface area contributed by atoms with Gasteiger partial charge in [0.25, 0.3) is 0 Å². The standard InChI is InChI=1S/C14H9BF6O2/c16-13(17,18)8-5-6-9(11(7-8)14(19,20)21)10-3-1-2-4-12(10)15(22)23/h1-7,22-23H. The van der Waals surface area contributed by atoms with Crippen LogP contribution in [-0.2, 0) is 12.4 Å². The first-order valence-electron chi connectivity index (χ1n) is 6.25. The van der Waals surface area contributed by atoms with Crippen LogP contribution in [0.5, 0.6) is 0 Å². The van der Waals surface area contributed by atoms with E-state index in [-0.39, 0.29) is 17.1 Å². The summed E-state index contributed by atoms with van der Waals surface area (Å²) in [5.41, 5.74) is -3.94. The van der Waals surface area contributed by atoms with Crippen LogP contribution in [0.1, 0.15) is 11.1 Å². The average Bonchev–Trinajstić information content (AvgIpc) is 2.44. The minimum absolute atomic E-state index is 0.00979. The van der Waals surface area contributed by atoms with Crippen molar-refractivity contribution in [3.63, 3.8) is 0 Å². The fraction of sp³-hybridized carbons (Fsp3) is 0.143. The molecule has 2 rings (SSSR count). The normalized spacial score (nSPS) is 12.3. The van der Waals surface area contributed by atoms with E-state index in [1.807, 2.05) is 0 Å². The van der Waals surface area contributed by atoms with Gasteiger partial charge >= 0.3 is 19.5 Å². The van der Waals surface area contributed by atoms with Gasteiger partial charge in [-0.05, 0) is 28.7 Å². The van der Waals surface area contributed by atoms with Crippen LogP contribution in [0.2, 0.25) is 0 Å². The van der Waals surface area contributed by atoms with E-state index in [4.69, 9.17) is 0 Å². The van der Waals surface area contributed by atoms with Crippen molar-refractivity contribution in [2.75, 3.05) is 0 Å². The van der Waals surface area contributed by atoms with Crippen molar-refractivity contribution < 1.29 is 36.4 Å². The molecule has 2 N–H and O–H groups in total. The van der Waals surface area contributed by atoms with Gasteiger partial charge in [-0.2, -0.15) is 26.3 Å². The van der Waals surface area contributed by atoms with Gasteiger partial charge in [0.05, 0.1) is 11.1 Å². The van der Waals surface area contributed by atoms with Crippen LogP contribution in [0.15, 0.2) is 42.5 Å². The second-order valence-electron chi connectivity index (χ2n) is 4.72. The molecule has 0 radical (unpaired) electrons. The van der Waals surface area contributed by atoms with Crippen molar-refractivity contribution in [1.82, 2.24) is 0 Å². The van der Waals surface area contributed by atoms with Crippen LogP contribution < -0.4 is 5.46 Å². The Hall–Kier alpha value is -2.00. The molecule has 0 saturated carbocycles. The highest BCUT2D eigenvalue weighted by Gasteiger charge is 2.38. The second kappa shape index (κ2) is 5.90. The number of hydrogen-bond donors (Lipinski definition) is 2. The quantitative estimate of drug-likeness (QED) is 0.655. The molecule has 0 heterocycles. The maximum atomic E-state index is 13.1. The van der Waals surface area contributed by atoms with E-state index in [0.29, 0.717) is 12.1 Å². The summed E-state index contributed by atoms with van der Waals surface area (Å²) >= 11 is 0. The van der Waals surface area contributed by atoms with E-state index in [2.05, 4.69) is 0 Å². The maximum absolute atomic E-state index is 13.1. The van der Waals surface area contributed by atoms with Gasteiger partial charge in [-0.15, -0.1) is 0 Å². The Kier molecular flexibility index (Phi) is 4.45. The lowest BCUT2D eigenvalue weighted by molar-refractivity contribution is -0.142. The molecule has 23 heavy (non-hydrogen) atoms. The lowest BCUT2D eigenvalue weighted by Crippen LogP contribution is -2.31. The number of benzene rings is 2. The van der Waals surface area contributed by atoms with Crippen molar-refractivity contribution in [2.24, 2.45) is 0 Å². The molecule has 0 unspecified atom stereocenters. The molecule has 0 amide bonds. The lowest BCUT2D eigenvalue weighted by atomic mass is 9.74. The molecule has 2 nitrogen and oxygen atoms in total. The Labute approximate surface area is 127 Å². The monoisotopic (exact) mass is 334 g/mol. The smallest absolute Gasteiger partial charge is 0.423 e. The minimum atomic E-state index is -5.04. The van der Waals surface area contributed by atoms with Crippen LogP contribution >= 0.6 is 0 Å². The summed E-state index contributed by atoms with van der Waals surface area (Å²) in [6.07, 6.45) is -9.96. The number of rotatable bonds is 2. The molecule has 0 saturated heterocycles. The maximum Gasteiger partial charge on any atom is 0.489 e. The lowest BCUT2D eigenvalue weighted by Gasteiger charge is -2.18. The fourth-order valence-electron chi connectivity index (χ4n) is 2.16. The Bertz CT molecular complexity index is 709. The van der Waals surface area contributed by atoms with Gasteiger partial charge < -0.3 is 10.0 Å². The average molecular weight is 334 g/mol. The molecule has 0 aliphatic rings. The summed E-state index contributed by atoms with van der Waals surface area (Å²) in [6, 6.07) is 6.27. The third-order valence-electron chi connectivity index (χ3n) is 3.18. The van der Waals surface area contributed by atoms with E-state index >= 15 is 0 Å². The van der Waals surface area contributed by atoms with E-state index in [9.17, 15) is 36.4 Å². The molecule has 0 spiro atoms. The first-order valence-corrected chi connectivity index (χ1v) is 6.25. The largest absolute Gasteiger partial charge is 0.489 e. The molecule has 0 aliphatic heterocycles. The Balaban J connectivity index is 2.74. The number of hydrogen-bond acceptors (Lipinski definition) is 2. The Morgan fingerprint density at radius 3 is 1.87 bits per heavy atom. The van der Waals surface area contributed by atoms with Crippen molar-refractivity contribution in [1.29, 1.82) is 0 Å². The zero-order chi connectivity index (χ0) is 17.4. The molecule has 0 fully saturated rings. The molecular formula is C14H9BF6O2. The molecule has 0 bridgehead atoms. The molecule has 0 atom stereocenters. The highest BCUT2D eigenvalue weighted by atomic mass is 19.4. The van der Waals surface area contributed by atoms with Crippen molar-refractivity contribution in [2.45, 2.75) is 12.4 Å². The topological polar surface area (TPSA) is 40.5 Å². The number of halogens is 6. The van der Waals surface area contributed by atoms with Crippen LogP contribution in [0.4, 0.5) is 26.3 Å². The molecule has 0 aromatic heterocycles. The van der Waals surface area contributed by atoms with Gasteiger partial charge in [0.1, 0.15) is 0 Å². The summed E-state index contributed by atoms with van der Waals surface area (Å²) < 4.78 is 77.4. The SMILES string of the molecule is OB(O)c1ccccc1-c1ccc(C(F)(F)F)cc1C(F)(F)F. The van der Waals surface area contributed by atoms with E-state index in [0.717, 1.165) is 0 Å². The van der Waals surface area contributed by atoms with Crippen LogP contribution in [0.3, 0.4) is 0 Å². The van der Waals surface area contributed by atoms with Crippen molar-refractivity contribution >= 4 is 12.6 Å². The van der Waals surface area contributed by atoms with Crippen LogP contribution in [0, 0.1) is 0 Å². The predicted octanol–water partition coefficient (Wildman–Crippen LogP) is 3.07. The molecular weight excluding hydrogens is 325 g/mol. The van der Waals surface area contributed by atoms with E-state index in [1.165, 1.54) is 24.3 Å². The third kappa shape index (κ3) is 3.68. The first kappa shape index (κ1) is 17.4. The Morgan fingerprint density at radius 2 is 1.35 bits per heavy atom. The summed E-state index contributed by atoms with van der Waals surface area (Å²) in [7, 11) is -2.06. The first-order chi connectivity index (χ1) is 10.5. The number of alkyl halides is 6. The summed E-state index contributed by atoms with van der Waals surface area (Å²) in [5.74, 6) is 0. The van der Waals surface area contributed by atoms with Gasteiger partial charge in [0, 0.05) is 0 Å².